The highest BCUT2D eigenvalue weighted by Crippen LogP contribution is 2.59. The zero-order valence-corrected chi connectivity index (χ0v) is 13.4. The van der Waals surface area contributed by atoms with Gasteiger partial charge in [0.2, 0.25) is 5.78 Å². The zero-order valence-electron chi connectivity index (χ0n) is 13.4. The van der Waals surface area contributed by atoms with Gasteiger partial charge in [-0.2, -0.15) is 0 Å². The first kappa shape index (κ1) is 15.3. The van der Waals surface area contributed by atoms with Crippen molar-refractivity contribution in [3.8, 4) is 0 Å². The molecule has 1 heterocycles. The van der Waals surface area contributed by atoms with E-state index in [2.05, 4.69) is 6.92 Å². The minimum atomic E-state index is -0.731. The van der Waals surface area contributed by atoms with E-state index in [4.69, 9.17) is 9.15 Å². The molecular formula is C17H22O5. The van der Waals surface area contributed by atoms with Crippen LogP contribution >= 0.6 is 0 Å². The number of esters is 1. The van der Waals surface area contributed by atoms with E-state index in [-0.39, 0.29) is 17.5 Å². The molecule has 2 aliphatic carbocycles. The number of ketones is 1. The second-order valence-electron chi connectivity index (χ2n) is 6.90. The normalized spacial score (nSPS) is 37.4. The molecule has 0 saturated heterocycles. The van der Waals surface area contributed by atoms with Crippen LogP contribution in [-0.2, 0) is 9.53 Å². The summed E-state index contributed by atoms with van der Waals surface area (Å²) < 4.78 is 11.1. The number of rotatable bonds is 1. The minimum Gasteiger partial charge on any atom is -0.460 e. The lowest BCUT2D eigenvalue weighted by molar-refractivity contribution is -0.170. The van der Waals surface area contributed by atoms with Crippen molar-refractivity contribution in [1.29, 1.82) is 0 Å². The van der Waals surface area contributed by atoms with E-state index in [0.29, 0.717) is 12.0 Å². The van der Waals surface area contributed by atoms with Crippen LogP contribution in [-0.4, -0.2) is 23.0 Å². The standard InChI is InChI=1S/C17H22O5/c1-8-7-21-15-12(8)16(22-10(3)18)17(4)9(2)5-6-11(19)13(17)14(15)20/h7,9,11,13,16,19H,5-6H2,1-4H3/t9-,11-,13-,16+,17+/m1/s1. The van der Waals surface area contributed by atoms with Crippen LogP contribution in [0, 0.1) is 24.2 Å². The van der Waals surface area contributed by atoms with Crippen molar-refractivity contribution in [2.24, 2.45) is 17.3 Å². The Hall–Kier alpha value is -1.62. The van der Waals surface area contributed by atoms with Gasteiger partial charge in [0.1, 0.15) is 6.10 Å². The molecule has 0 spiro atoms. The third-order valence-corrected chi connectivity index (χ3v) is 5.65. The molecule has 5 atom stereocenters. The maximum absolute atomic E-state index is 12.9. The number of ether oxygens (including phenoxy) is 1. The van der Waals surface area contributed by atoms with Gasteiger partial charge in [0, 0.05) is 17.9 Å². The van der Waals surface area contributed by atoms with Crippen molar-refractivity contribution >= 4 is 11.8 Å². The summed E-state index contributed by atoms with van der Waals surface area (Å²) in [6.07, 6.45) is 1.61. The lowest BCUT2D eigenvalue weighted by Crippen LogP contribution is -2.55. The van der Waals surface area contributed by atoms with Gasteiger partial charge >= 0.3 is 5.97 Å². The summed E-state index contributed by atoms with van der Waals surface area (Å²) in [6, 6.07) is 0. The zero-order chi connectivity index (χ0) is 16.2. The van der Waals surface area contributed by atoms with Crippen molar-refractivity contribution in [3.63, 3.8) is 0 Å². The van der Waals surface area contributed by atoms with Crippen molar-refractivity contribution in [1.82, 2.24) is 0 Å². The third-order valence-electron chi connectivity index (χ3n) is 5.65. The number of carbonyl (C=O) groups is 2. The van der Waals surface area contributed by atoms with Crippen LogP contribution in [0.2, 0.25) is 0 Å². The predicted octanol–water partition coefficient (Wildman–Crippen LogP) is 2.80. The van der Waals surface area contributed by atoms with E-state index < -0.39 is 29.5 Å². The summed E-state index contributed by atoms with van der Waals surface area (Å²) in [7, 11) is 0. The molecule has 1 saturated carbocycles. The molecule has 2 aliphatic rings. The lowest BCUT2D eigenvalue weighted by Gasteiger charge is -2.53. The summed E-state index contributed by atoms with van der Waals surface area (Å²) >= 11 is 0. The number of aryl methyl sites for hydroxylation is 1. The van der Waals surface area contributed by atoms with Gasteiger partial charge in [-0.1, -0.05) is 13.8 Å². The van der Waals surface area contributed by atoms with Crippen LogP contribution in [0.15, 0.2) is 10.7 Å². The average Bonchev–Trinajstić information content (AvgIpc) is 2.81. The molecule has 1 aromatic rings. The molecule has 0 unspecified atom stereocenters. The number of aliphatic hydroxyl groups excluding tert-OH is 1. The molecule has 0 aromatic carbocycles. The average molecular weight is 306 g/mol. The molecule has 1 aromatic heterocycles. The van der Waals surface area contributed by atoms with Crippen LogP contribution in [0.1, 0.15) is 61.4 Å². The van der Waals surface area contributed by atoms with Gasteiger partial charge in [0.15, 0.2) is 5.76 Å². The third kappa shape index (κ3) is 1.88. The Morgan fingerprint density at radius 1 is 1.45 bits per heavy atom. The van der Waals surface area contributed by atoms with E-state index in [1.54, 1.807) is 0 Å². The number of hydrogen-bond donors (Lipinski definition) is 1. The Labute approximate surface area is 129 Å². The molecule has 3 rings (SSSR count). The van der Waals surface area contributed by atoms with Gasteiger partial charge in [0.25, 0.3) is 0 Å². The second kappa shape index (κ2) is 4.95. The topological polar surface area (TPSA) is 76.7 Å². The summed E-state index contributed by atoms with van der Waals surface area (Å²) in [6.45, 7) is 7.22. The second-order valence-corrected chi connectivity index (χ2v) is 6.90. The molecule has 5 heteroatoms. The molecule has 0 bridgehead atoms. The summed E-state index contributed by atoms with van der Waals surface area (Å²) in [5.74, 6) is -0.777. The van der Waals surface area contributed by atoms with Crippen molar-refractivity contribution in [2.45, 2.75) is 52.7 Å². The molecular weight excluding hydrogens is 284 g/mol. The fourth-order valence-electron chi connectivity index (χ4n) is 4.27. The van der Waals surface area contributed by atoms with E-state index in [0.717, 1.165) is 12.0 Å². The molecule has 0 aliphatic heterocycles. The van der Waals surface area contributed by atoms with Gasteiger partial charge in [-0.3, -0.25) is 9.59 Å². The number of fused-ring (bicyclic) bond motifs is 2. The van der Waals surface area contributed by atoms with Gasteiger partial charge in [-0.05, 0) is 31.2 Å². The van der Waals surface area contributed by atoms with Gasteiger partial charge in [-0.25, -0.2) is 0 Å². The number of Topliss-reactive ketones (excluding diaryl/α,β-unsaturated/α-hetero) is 1. The van der Waals surface area contributed by atoms with Crippen LogP contribution in [0.3, 0.4) is 0 Å². The molecule has 22 heavy (non-hydrogen) atoms. The van der Waals surface area contributed by atoms with Crippen molar-refractivity contribution in [3.05, 3.63) is 23.2 Å². The molecule has 120 valence electrons. The number of carbonyl (C=O) groups excluding carboxylic acids is 2. The van der Waals surface area contributed by atoms with Crippen molar-refractivity contribution < 1.29 is 23.8 Å². The molecule has 0 amide bonds. The van der Waals surface area contributed by atoms with Crippen molar-refractivity contribution in [2.75, 3.05) is 0 Å². The number of furan rings is 1. The highest BCUT2D eigenvalue weighted by atomic mass is 16.5. The Bertz CT molecular complexity index is 631. The quantitative estimate of drug-likeness (QED) is 0.807. The van der Waals surface area contributed by atoms with Gasteiger partial charge < -0.3 is 14.3 Å². The lowest BCUT2D eigenvalue weighted by atomic mass is 9.53. The molecule has 1 N–H and O–H groups in total. The Morgan fingerprint density at radius 2 is 2.14 bits per heavy atom. The van der Waals surface area contributed by atoms with E-state index in [1.807, 2.05) is 13.8 Å². The number of hydrogen-bond acceptors (Lipinski definition) is 5. The SMILES string of the molecule is CC(=O)O[C@H]1c2c(C)coc2C(=O)[C@H]2[C@H](O)CC[C@@H](C)[C@]12C. The smallest absolute Gasteiger partial charge is 0.303 e. The van der Waals surface area contributed by atoms with E-state index in [1.165, 1.54) is 13.2 Å². The van der Waals surface area contributed by atoms with Crippen LogP contribution < -0.4 is 0 Å². The van der Waals surface area contributed by atoms with E-state index >= 15 is 0 Å². The highest BCUT2D eigenvalue weighted by molar-refractivity contribution is 5.99. The maximum Gasteiger partial charge on any atom is 0.303 e. The summed E-state index contributed by atoms with van der Waals surface area (Å²) in [5.41, 5.74) is 0.851. The minimum absolute atomic E-state index is 0.150. The number of aliphatic hydroxyl groups is 1. The Morgan fingerprint density at radius 3 is 2.77 bits per heavy atom. The van der Waals surface area contributed by atoms with Crippen LogP contribution in [0.4, 0.5) is 0 Å². The fourth-order valence-corrected chi connectivity index (χ4v) is 4.27. The van der Waals surface area contributed by atoms with Crippen LogP contribution in [0.5, 0.6) is 0 Å². The highest BCUT2D eigenvalue weighted by Gasteiger charge is 2.60. The summed E-state index contributed by atoms with van der Waals surface area (Å²) in [5, 5.41) is 10.4. The van der Waals surface area contributed by atoms with Crippen LogP contribution in [0.25, 0.3) is 0 Å². The Kier molecular flexibility index (Phi) is 3.44. The monoisotopic (exact) mass is 306 g/mol. The van der Waals surface area contributed by atoms with Gasteiger partial charge in [-0.15, -0.1) is 0 Å². The molecule has 5 nitrogen and oxygen atoms in total. The largest absolute Gasteiger partial charge is 0.460 e. The molecule has 0 radical (unpaired) electrons. The molecule has 1 fully saturated rings. The first-order valence-electron chi connectivity index (χ1n) is 7.76. The summed E-state index contributed by atoms with van der Waals surface area (Å²) in [4.78, 5) is 24.5. The van der Waals surface area contributed by atoms with Gasteiger partial charge in [0.05, 0.1) is 18.3 Å². The van der Waals surface area contributed by atoms with E-state index in [9.17, 15) is 14.7 Å². The predicted molar refractivity (Wildman–Crippen MR) is 78.3 cm³/mol. The maximum atomic E-state index is 12.9. The fraction of sp³-hybridized carbons (Fsp3) is 0.647. The first-order chi connectivity index (χ1) is 10.3. The Balaban J connectivity index is 2.23. The first-order valence-corrected chi connectivity index (χ1v) is 7.76.